The molecule has 0 aromatic heterocycles. The van der Waals surface area contributed by atoms with Crippen LogP contribution in [0.4, 0.5) is 0 Å². The van der Waals surface area contributed by atoms with Gasteiger partial charge in [-0.15, -0.1) is 0 Å². The lowest BCUT2D eigenvalue weighted by Crippen LogP contribution is -2.13. The molecule has 0 heterocycles. The van der Waals surface area contributed by atoms with Gasteiger partial charge in [-0.2, -0.15) is 0 Å². The van der Waals surface area contributed by atoms with Crippen molar-refractivity contribution in [2.24, 2.45) is 4.99 Å². The highest BCUT2D eigenvalue weighted by atomic mass is 15.0. The molecule has 14 heavy (non-hydrogen) atoms. The summed E-state index contributed by atoms with van der Waals surface area (Å²) in [5.41, 5.74) is 1.18. The minimum atomic E-state index is 0.910. The van der Waals surface area contributed by atoms with Gasteiger partial charge in [0.05, 0.1) is 0 Å². The average Bonchev–Trinajstić information content (AvgIpc) is 2.18. The van der Waals surface area contributed by atoms with Crippen LogP contribution in [-0.2, 0) is 0 Å². The predicted molar refractivity (Wildman–Crippen MR) is 62.1 cm³/mol. The van der Waals surface area contributed by atoms with E-state index in [4.69, 9.17) is 0 Å². The third-order valence-electron chi connectivity index (χ3n) is 1.93. The maximum absolute atomic E-state index is 4.36. The van der Waals surface area contributed by atoms with Crippen LogP contribution < -0.4 is 0 Å². The van der Waals surface area contributed by atoms with Crippen molar-refractivity contribution >= 4 is 6.21 Å². The average molecular weight is 190 g/mol. The Kier molecular flexibility index (Phi) is 4.94. The van der Waals surface area contributed by atoms with Crippen LogP contribution in [0.1, 0.15) is 12.0 Å². The van der Waals surface area contributed by atoms with E-state index in [0.717, 1.165) is 19.5 Å². The van der Waals surface area contributed by atoms with Gasteiger partial charge in [0, 0.05) is 12.8 Å². The molecule has 0 spiro atoms. The molecule has 0 aliphatic carbocycles. The van der Waals surface area contributed by atoms with Crippen molar-refractivity contribution < 1.29 is 0 Å². The molecular weight excluding hydrogens is 172 g/mol. The van der Waals surface area contributed by atoms with Gasteiger partial charge in [0.15, 0.2) is 0 Å². The SMILES string of the molecule is CN(C)CCC/N=C/c1ccccc1. The normalized spacial score (nSPS) is 11.4. The molecule has 0 atom stereocenters. The van der Waals surface area contributed by atoms with Crippen molar-refractivity contribution in [2.45, 2.75) is 6.42 Å². The summed E-state index contributed by atoms with van der Waals surface area (Å²) in [7, 11) is 4.17. The Morgan fingerprint density at radius 1 is 1.21 bits per heavy atom. The van der Waals surface area contributed by atoms with Crippen LogP contribution in [0.2, 0.25) is 0 Å². The predicted octanol–water partition coefficient (Wildman–Crippen LogP) is 2.06. The lowest BCUT2D eigenvalue weighted by molar-refractivity contribution is 0.403. The van der Waals surface area contributed by atoms with Crippen LogP contribution >= 0.6 is 0 Å². The van der Waals surface area contributed by atoms with E-state index in [-0.39, 0.29) is 0 Å². The van der Waals surface area contributed by atoms with Crippen molar-refractivity contribution in [1.29, 1.82) is 0 Å². The molecule has 0 aliphatic rings. The van der Waals surface area contributed by atoms with Crippen LogP contribution in [0.5, 0.6) is 0 Å². The van der Waals surface area contributed by atoms with Crippen molar-refractivity contribution in [3.63, 3.8) is 0 Å². The molecule has 0 saturated heterocycles. The quantitative estimate of drug-likeness (QED) is 0.512. The summed E-state index contributed by atoms with van der Waals surface area (Å²) in [6.07, 6.45) is 3.06. The third kappa shape index (κ3) is 4.77. The molecule has 1 aromatic carbocycles. The Morgan fingerprint density at radius 3 is 2.57 bits per heavy atom. The fourth-order valence-corrected chi connectivity index (χ4v) is 1.19. The molecule has 0 amide bonds. The van der Waals surface area contributed by atoms with E-state index in [1.54, 1.807) is 0 Å². The van der Waals surface area contributed by atoms with E-state index in [1.807, 2.05) is 24.4 Å². The number of rotatable bonds is 5. The Bertz CT molecular complexity index is 265. The summed E-state index contributed by atoms with van der Waals surface area (Å²) < 4.78 is 0. The van der Waals surface area contributed by atoms with E-state index in [9.17, 15) is 0 Å². The fraction of sp³-hybridized carbons (Fsp3) is 0.417. The van der Waals surface area contributed by atoms with E-state index in [1.165, 1.54) is 5.56 Å². The first-order valence-electron chi connectivity index (χ1n) is 4.98. The molecule has 0 aliphatic heterocycles. The summed E-state index contributed by atoms with van der Waals surface area (Å²) in [5.74, 6) is 0. The van der Waals surface area contributed by atoms with Gasteiger partial charge in [0.2, 0.25) is 0 Å². The Balaban J connectivity index is 2.21. The summed E-state index contributed by atoms with van der Waals surface area (Å²) in [5, 5.41) is 0. The summed E-state index contributed by atoms with van der Waals surface area (Å²) in [6.45, 7) is 2.01. The monoisotopic (exact) mass is 190 g/mol. The molecule has 0 N–H and O–H groups in total. The van der Waals surface area contributed by atoms with Gasteiger partial charge < -0.3 is 4.90 Å². The molecular formula is C12H18N2. The zero-order valence-corrected chi connectivity index (χ0v) is 8.98. The van der Waals surface area contributed by atoms with Gasteiger partial charge >= 0.3 is 0 Å². The maximum Gasteiger partial charge on any atom is 0.0401 e. The third-order valence-corrected chi connectivity index (χ3v) is 1.93. The number of nitrogens with zero attached hydrogens (tertiary/aromatic N) is 2. The molecule has 0 bridgehead atoms. The Morgan fingerprint density at radius 2 is 1.93 bits per heavy atom. The first-order chi connectivity index (χ1) is 6.79. The largest absolute Gasteiger partial charge is 0.309 e. The van der Waals surface area contributed by atoms with Crippen molar-refractivity contribution in [1.82, 2.24) is 4.90 Å². The maximum atomic E-state index is 4.36. The standard InChI is InChI=1S/C12H18N2/c1-14(2)10-6-9-13-11-12-7-4-3-5-8-12/h3-5,7-8,11H,6,9-10H2,1-2H3/b13-11+. The molecule has 0 unspecified atom stereocenters. The zero-order chi connectivity index (χ0) is 10.2. The molecule has 2 nitrogen and oxygen atoms in total. The molecule has 1 aromatic rings. The van der Waals surface area contributed by atoms with Crippen LogP contribution in [0.25, 0.3) is 0 Å². The topological polar surface area (TPSA) is 15.6 Å². The van der Waals surface area contributed by atoms with Crippen molar-refractivity contribution in [3.8, 4) is 0 Å². The Labute approximate surface area is 86.3 Å². The minimum Gasteiger partial charge on any atom is -0.309 e. The van der Waals surface area contributed by atoms with E-state index in [0.29, 0.717) is 0 Å². The molecule has 1 rings (SSSR count). The number of aliphatic imine (C=N–C) groups is 1. The van der Waals surface area contributed by atoms with E-state index < -0.39 is 0 Å². The smallest absolute Gasteiger partial charge is 0.0401 e. The van der Waals surface area contributed by atoms with Gasteiger partial charge in [-0.25, -0.2) is 0 Å². The van der Waals surface area contributed by atoms with Gasteiger partial charge in [-0.05, 0) is 32.6 Å². The summed E-state index contributed by atoms with van der Waals surface area (Å²) >= 11 is 0. The molecule has 0 radical (unpaired) electrons. The highest BCUT2D eigenvalue weighted by Gasteiger charge is 1.88. The lowest BCUT2D eigenvalue weighted by atomic mass is 10.2. The second-order valence-corrected chi connectivity index (χ2v) is 3.60. The van der Waals surface area contributed by atoms with Crippen LogP contribution in [0.15, 0.2) is 35.3 Å². The Hall–Kier alpha value is -1.15. The van der Waals surface area contributed by atoms with E-state index in [2.05, 4.69) is 36.1 Å². The number of hydrogen-bond acceptors (Lipinski definition) is 2. The first kappa shape index (κ1) is 10.9. The summed E-state index contributed by atoms with van der Waals surface area (Å²) in [6, 6.07) is 10.2. The van der Waals surface area contributed by atoms with Crippen molar-refractivity contribution in [3.05, 3.63) is 35.9 Å². The number of hydrogen-bond donors (Lipinski definition) is 0. The summed E-state index contributed by atoms with van der Waals surface area (Å²) in [4.78, 5) is 6.54. The fourth-order valence-electron chi connectivity index (χ4n) is 1.19. The lowest BCUT2D eigenvalue weighted by Gasteiger charge is -2.06. The van der Waals surface area contributed by atoms with Crippen LogP contribution in [0.3, 0.4) is 0 Å². The highest BCUT2D eigenvalue weighted by molar-refractivity contribution is 5.79. The van der Waals surface area contributed by atoms with Crippen LogP contribution in [0, 0.1) is 0 Å². The minimum absolute atomic E-state index is 0.910. The van der Waals surface area contributed by atoms with Gasteiger partial charge in [-0.3, -0.25) is 4.99 Å². The van der Waals surface area contributed by atoms with Crippen LogP contribution in [-0.4, -0.2) is 38.3 Å². The number of benzene rings is 1. The highest BCUT2D eigenvalue weighted by Crippen LogP contribution is 1.94. The molecule has 0 fully saturated rings. The van der Waals surface area contributed by atoms with Crippen molar-refractivity contribution in [2.75, 3.05) is 27.2 Å². The molecule has 76 valence electrons. The zero-order valence-electron chi connectivity index (χ0n) is 8.98. The van der Waals surface area contributed by atoms with Gasteiger partial charge in [0.25, 0.3) is 0 Å². The van der Waals surface area contributed by atoms with Gasteiger partial charge in [0.1, 0.15) is 0 Å². The second-order valence-electron chi connectivity index (χ2n) is 3.60. The molecule has 0 saturated carbocycles. The second kappa shape index (κ2) is 6.33. The van der Waals surface area contributed by atoms with Gasteiger partial charge in [-0.1, -0.05) is 30.3 Å². The molecule has 2 heteroatoms. The first-order valence-corrected chi connectivity index (χ1v) is 4.98. The van der Waals surface area contributed by atoms with E-state index >= 15 is 0 Å².